The Kier molecular flexibility index (Phi) is 5.49. The number of nitrogens with two attached hydrogens (primary N) is 1. The summed E-state index contributed by atoms with van der Waals surface area (Å²) >= 11 is 5.71. The quantitative estimate of drug-likeness (QED) is 0.666. The van der Waals surface area contributed by atoms with Crippen molar-refractivity contribution < 1.29 is 9.31 Å². The molecule has 0 aliphatic heterocycles. The average Bonchev–Trinajstić information content (AvgIpc) is 2.17. The minimum absolute atomic E-state index is 0. The summed E-state index contributed by atoms with van der Waals surface area (Å²) in [7, 11) is 0. The predicted molar refractivity (Wildman–Crippen MR) is 58.3 cm³/mol. The summed E-state index contributed by atoms with van der Waals surface area (Å²) in [5.74, 6) is 0. The summed E-state index contributed by atoms with van der Waals surface area (Å²) < 4.78 is 12.2. The average molecular weight is 255 g/mol. The number of nitro groups is 1. The number of hydrogen-bond donors (Lipinski definition) is 1. The van der Waals surface area contributed by atoms with Gasteiger partial charge in [0, 0.05) is 17.2 Å². The molecule has 1 rings (SSSR count). The van der Waals surface area contributed by atoms with Crippen LogP contribution in [0.1, 0.15) is 11.6 Å². The first-order chi connectivity index (χ1) is 6.56. The van der Waals surface area contributed by atoms with E-state index in [1.807, 2.05) is 0 Å². The van der Waals surface area contributed by atoms with E-state index in [2.05, 4.69) is 0 Å². The molecule has 15 heavy (non-hydrogen) atoms. The minimum Gasteiger partial charge on any atom is -0.322 e. The second kappa shape index (κ2) is 5.85. The Morgan fingerprint density at radius 2 is 2.20 bits per heavy atom. The van der Waals surface area contributed by atoms with Crippen LogP contribution < -0.4 is 5.73 Å². The van der Waals surface area contributed by atoms with Crippen molar-refractivity contribution in [2.45, 2.75) is 6.04 Å². The van der Waals surface area contributed by atoms with Crippen LogP contribution in [-0.2, 0) is 0 Å². The van der Waals surface area contributed by atoms with Crippen LogP contribution in [0.3, 0.4) is 0 Å². The van der Waals surface area contributed by atoms with Crippen molar-refractivity contribution in [1.29, 1.82) is 0 Å². The van der Waals surface area contributed by atoms with Crippen molar-refractivity contribution in [3.63, 3.8) is 0 Å². The first-order valence-corrected chi connectivity index (χ1v) is 4.19. The molecule has 0 spiro atoms. The van der Waals surface area contributed by atoms with Gasteiger partial charge in [0.2, 0.25) is 0 Å². The third kappa shape index (κ3) is 3.30. The smallest absolute Gasteiger partial charge is 0.269 e. The maximum absolute atomic E-state index is 12.2. The van der Waals surface area contributed by atoms with Crippen LogP contribution in [-0.4, -0.2) is 11.6 Å². The fourth-order valence-electron chi connectivity index (χ4n) is 1.01. The van der Waals surface area contributed by atoms with E-state index in [-0.39, 0.29) is 28.7 Å². The highest BCUT2D eigenvalue weighted by molar-refractivity contribution is 6.31. The Hall–Kier alpha value is -0.910. The van der Waals surface area contributed by atoms with E-state index in [1.165, 1.54) is 18.2 Å². The molecular weight excluding hydrogens is 246 g/mol. The molecular formula is C8H9Cl2FN2O2. The van der Waals surface area contributed by atoms with Crippen LogP contribution in [0.15, 0.2) is 18.2 Å². The van der Waals surface area contributed by atoms with E-state index in [0.717, 1.165) is 0 Å². The lowest BCUT2D eigenvalue weighted by Crippen LogP contribution is -2.12. The standard InChI is InChI=1S/C8H8ClFN2O2.ClH/c9-7-2-1-5(12(13)14)3-6(7)8(11)4-10;/h1-3,8H,4,11H2;1H/t8-;/m0./s1. The van der Waals surface area contributed by atoms with Gasteiger partial charge in [0.1, 0.15) is 6.67 Å². The number of rotatable bonds is 3. The number of hydrogen-bond acceptors (Lipinski definition) is 3. The number of nitro benzene ring substituents is 1. The van der Waals surface area contributed by atoms with Gasteiger partial charge in [-0.1, -0.05) is 11.6 Å². The van der Waals surface area contributed by atoms with E-state index in [1.54, 1.807) is 0 Å². The van der Waals surface area contributed by atoms with Gasteiger partial charge in [-0.15, -0.1) is 12.4 Å². The summed E-state index contributed by atoms with van der Waals surface area (Å²) in [5.41, 5.74) is 5.49. The Morgan fingerprint density at radius 1 is 1.60 bits per heavy atom. The molecule has 0 amide bonds. The van der Waals surface area contributed by atoms with Gasteiger partial charge in [-0.05, 0) is 11.6 Å². The maximum atomic E-state index is 12.2. The van der Waals surface area contributed by atoms with Crippen molar-refractivity contribution >= 4 is 29.7 Å². The Bertz CT molecular complexity index is 362. The number of non-ortho nitro benzene ring substituents is 1. The van der Waals surface area contributed by atoms with E-state index in [4.69, 9.17) is 17.3 Å². The number of benzene rings is 1. The molecule has 1 aromatic carbocycles. The van der Waals surface area contributed by atoms with Gasteiger partial charge in [0.05, 0.1) is 11.0 Å². The van der Waals surface area contributed by atoms with Crippen LogP contribution in [0.25, 0.3) is 0 Å². The molecule has 0 saturated carbocycles. The van der Waals surface area contributed by atoms with Crippen molar-refractivity contribution in [3.05, 3.63) is 38.9 Å². The molecule has 1 aromatic rings. The highest BCUT2D eigenvalue weighted by Gasteiger charge is 2.14. The lowest BCUT2D eigenvalue weighted by Gasteiger charge is -2.08. The first-order valence-electron chi connectivity index (χ1n) is 3.81. The fraction of sp³-hybridized carbons (Fsp3) is 0.250. The van der Waals surface area contributed by atoms with Crippen LogP contribution in [0.2, 0.25) is 5.02 Å². The highest BCUT2D eigenvalue weighted by Crippen LogP contribution is 2.26. The van der Waals surface area contributed by atoms with Gasteiger partial charge in [-0.2, -0.15) is 0 Å². The van der Waals surface area contributed by atoms with Gasteiger partial charge in [-0.25, -0.2) is 4.39 Å². The zero-order valence-electron chi connectivity index (χ0n) is 7.52. The van der Waals surface area contributed by atoms with Gasteiger partial charge >= 0.3 is 0 Å². The molecule has 0 fully saturated rings. The SMILES string of the molecule is Cl.N[C@@H](CF)c1cc([N+](=O)[O-])ccc1Cl. The normalized spacial score (nSPS) is 11.7. The Morgan fingerprint density at radius 3 is 2.67 bits per heavy atom. The summed E-state index contributed by atoms with van der Waals surface area (Å²) in [4.78, 5) is 9.82. The molecule has 0 aromatic heterocycles. The van der Waals surface area contributed by atoms with Crippen molar-refractivity contribution in [2.24, 2.45) is 5.73 Å². The first kappa shape index (κ1) is 14.1. The van der Waals surface area contributed by atoms with Gasteiger partial charge in [0.15, 0.2) is 0 Å². The molecule has 0 aliphatic carbocycles. The number of nitrogens with zero attached hydrogens (tertiary/aromatic N) is 1. The zero-order valence-corrected chi connectivity index (χ0v) is 9.09. The highest BCUT2D eigenvalue weighted by atomic mass is 35.5. The lowest BCUT2D eigenvalue weighted by atomic mass is 10.1. The van der Waals surface area contributed by atoms with E-state index < -0.39 is 17.6 Å². The maximum Gasteiger partial charge on any atom is 0.269 e. The van der Waals surface area contributed by atoms with E-state index in [0.29, 0.717) is 0 Å². The summed E-state index contributed by atoms with van der Waals surface area (Å²) in [6.07, 6.45) is 0. The number of alkyl halides is 1. The molecule has 0 aliphatic rings. The Labute approximate surface area is 96.8 Å². The lowest BCUT2D eigenvalue weighted by molar-refractivity contribution is -0.384. The van der Waals surface area contributed by atoms with Crippen LogP contribution >= 0.6 is 24.0 Å². The van der Waals surface area contributed by atoms with Crippen LogP contribution in [0, 0.1) is 10.1 Å². The summed E-state index contributed by atoms with van der Waals surface area (Å²) in [6, 6.07) is 2.86. The summed E-state index contributed by atoms with van der Waals surface area (Å²) in [6.45, 7) is -0.805. The molecule has 7 heteroatoms. The molecule has 4 nitrogen and oxygen atoms in total. The minimum atomic E-state index is -0.914. The number of halogens is 3. The monoisotopic (exact) mass is 254 g/mol. The Balaban J connectivity index is 0.00000196. The van der Waals surface area contributed by atoms with E-state index in [9.17, 15) is 14.5 Å². The predicted octanol–water partition coefficient (Wildman–Crippen LogP) is 2.64. The third-order valence-electron chi connectivity index (χ3n) is 1.76. The fourth-order valence-corrected chi connectivity index (χ4v) is 1.27. The molecule has 1 atom stereocenters. The largest absolute Gasteiger partial charge is 0.322 e. The molecule has 0 heterocycles. The second-order valence-corrected chi connectivity index (χ2v) is 3.13. The molecule has 0 bridgehead atoms. The molecule has 2 N–H and O–H groups in total. The molecule has 0 saturated heterocycles. The van der Waals surface area contributed by atoms with E-state index >= 15 is 0 Å². The molecule has 0 unspecified atom stereocenters. The van der Waals surface area contributed by atoms with Crippen molar-refractivity contribution in [2.75, 3.05) is 6.67 Å². The van der Waals surface area contributed by atoms with Crippen molar-refractivity contribution in [3.8, 4) is 0 Å². The molecule has 0 radical (unpaired) electrons. The third-order valence-corrected chi connectivity index (χ3v) is 2.10. The molecule has 84 valence electrons. The van der Waals surface area contributed by atoms with Gasteiger partial charge < -0.3 is 5.73 Å². The zero-order chi connectivity index (χ0) is 10.7. The van der Waals surface area contributed by atoms with Crippen LogP contribution in [0.5, 0.6) is 0 Å². The van der Waals surface area contributed by atoms with Gasteiger partial charge in [-0.3, -0.25) is 10.1 Å². The second-order valence-electron chi connectivity index (χ2n) is 2.72. The summed E-state index contributed by atoms with van der Waals surface area (Å²) in [5, 5.41) is 10.6. The van der Waals surface area contributed by atoms with Crippen molar-refractivity contribution in [1.82, 2.24) is 0 Å². The topological polar surface area (TPSA) is 69.2 Å². The van der Waals surface area contributed by atoms with Crippen LogP contribution in [0.4, 0.5) is 10.1 Å². The van der Waals surface area contributed by atoms with Gasteiger partial charge in [0.25, 0.3) is 5.69 Å².